The first-order valence-corrected chi connectivity index (χ1v) is 6.42. The molecule has 102 valence electrons. The monoisotopic (exact) mass is 310 g/mol. The van der Waals surface area contributed by atoms with Crippen molar-refractivity contribution in [2.45, 2.75) is 0 Å². The minimum Gasteiger partial charge on any atom is -0.264 e. The second-order valence-electron chi connectivity index (χ2n) is 1.40. The summed E-state index contributed by atoms with van der Waals surface area (Å²) in [6.45, 7) is 0. The van der Waals surface area contributed by atoms with E-state index in [1.54, 1.807) is 0 Å². The maximum Gasteiger partial charge on any atom is 0.423 e. The molecule has 0 aromatic rings. The van der Waals surface area contributed by atoms with E-state index >= 15 is 0 Å². The van der Waals surface area contributed by atoms with E-state index in [0.29, 0.717) is 0 Å². The van der Waals surface area contributed by atoms with Gasteiger partial charge in [-0.05, 0) is 0 Å². The smallest absolute Gasteiger partial charge is 0.264 e. The Balaban J connectivity index is -0.000000160. The summed E-state index contributed by atoms with van der Waals surface area (Å²) in [5.41, 5.74) is 0. The Morgan fingerprint density at radius 3 is 0.688 bits per heavy atom. The summed E-state index contributed by atoms with van der Waals surface area (Å²) in [6, 6.07) is 0. The van der Waals surface area contributed by atoms with Gasteiger partial charge in [-0.3, -0.25) is 22.8 Å². The Bertz CT molecular complexity index is 395. The van der Waals surface area contributed by atoms with Crippen LogP contribution in [0.4, 0.5) is 0 Å². The van der Waals surface area contributed by atoms with Crippen molar-refractivity contribution in [2.24, 2.45) is 0 Å². The minimum absolute atomic E-state index is 2.47. The van der Waals surface area contributed by atoms with Crippen LogP contribution in [0, 0.1) is 0 Å². The van der Waals surface area contributed by atoms with E-state index in [2.05, 4.69) is 4.33 Å². The van der Waals surface area contributed by atoms with Gasteiger partial charge in [0.05, 0.1) is 0 Å². The van der Waals surface area contributed by atoms with Crippen LogP contribution in [-0.4, -0.2) is 53.3 Å². The fraction of sp³-hybridized carbons (Fsp3) is 0. The first-order chi connectivity index (χ1) is 6.56. The standard InChI is InChI=1S/H2O5S.2H2O4S/c1-5-6(2,3)4;2*1-5(2,3)4/h1H,(H,2,3,4);2*(H2,1,2,3,4). The lowest BCUT2D eigenvalue weighted by Crippen LogP contribution is -1.97. The summed E-state index contributed by atoms with van der Waals surface area (Å²) in [5, 5.41) is 7.06. The molecule has 0 heterocycles. The van der Waals surface area contributed by atoms with E-state index < -0.39 is 31.2 Å². The molecule has 13 nitrogen and oxygen atoms in total. The van der Waals surface area contributed by atoms with Gasteiger partial charge in [0.1, 0.15) is 0 Å². The van der Waals surface area contributed by atoms with Crippen LogP contribution in [0.2, 0.25) is 0 Å². The van der Waals surface area contributed by atoms with Crippen LogP contribution in [-0.2, 0) is 35.5 Å². The maximum atomic E-state index is 9.08. The molecule has 0 aromatic carbocycles. The zero-order valence-electron chi connectivity index (χ0n) is 6.77. The van der Waals surface area contributed by atoms with Gasteiger partial charge in [-0.2, -0.15) is 25.3 Å². The number of hydrogen-bond acceptors (Lipinski definition) is 8. The second-order valence-corrected chi connectivity index (χ2v) is 4.19. The van der Waals surface area contributed by atoms with Crippen molar-refractivity contribution < 1.29 is 57.6 Å². The van der Waals surface area contributed by atoms with Crippen LogP contribution in [0.1, 0.15) is 0 Å². The third-order valence-corrected chi connectivity index (χ3v) is 0.283. The van der Waals surface area contributed by atoms with Gasteiger partial charge in [0.25, 0.3) is 0 Å². The van der Waals surface area contributed by atoms with Crippen LogP contribution >= 0.6 is 0 Å². The van der Waals surface area contributed by atoms with Gasteiger partial charge in [0.2, 0.25) is 0 Å². The Labute approximate surface area is 89.3 Å². The third kappa shape index (κ3) is 325. The van der Waals surface area contributed by atoms with Crippen LogP contribution in [0.15, 0.2) is 0 Å². The molecule has 0 saturated carbocycles. The molecule has 0 aromatic heterocycles. The molecule has 0 aliphatic rings. The highest BCUT2D eigenvalue weighted by atomic mass is 32.3. The molecule has 0 bridgehead atoms. The highest BCUT2D eigenvalue weighted by Crippen LogP contribution is 1.74. The normalized spacial score (nSPS) is 11.6. The van der Waals surface area contributed by atoms with E-state index in [0.717, 1.165) is 0 Å². The molecule has 0 fully saturated rings. The molecule has 0 saturated heterocycles. The summed E-state index contributed by atoms with van der Waals surface area (Å²) in [6.07, 6.45) is 0. The Kier molecular flexibility index (Phi) is 10.2. The molecule has 0 atom stereocenters. The van der Waals surface area contributed by atoms with Crippen LogP contribution in [0.25, 0.3) is 0 Å². The lowest BCUT2D eigenvalue weighted by Gasteiger charge is -1.79. The molecule has 0 unspecified atom stereocenters. The molecule has 0 aliphatic heterocycles. The maximum absolute atomic E-state index is 9.08. The van der Waals surface area contributed by atoms with E-state index in [1.807, 2.05) is 0 Å². The first-order valence-electron chi connectivity index (χ1n) is 2.26. The molecule has 16 heteroatoms. The predicted octanol–water partition coefficient (Wildman–Crippen LogP) is -2.03. The highest BCUT2D eigenvalue weighted by molar-refractivity contribution is 7.80. The molecule has 0 aliphatic carbocycles. The van der Waals surface area contributed by atoms with Crippen molar-refractivity contribution in [3.63, 3.8) is 0 Å². The van der Waals surface area contributed by atoms with Crippen LogP contribution in [0.3, 0.4) is 0 Å². The quantitative estimate of drug-likeness (QED) is 0.174. The fourth-order valence-electron chi connectivity index (χ4n) is 0. The SMILES string of the molecule is O=S(=O)(O)O.O=S(=O)(O)O.O=S(=O)(O)OO. The molecule has 0 rings (SSSR count). The number of rotatable bonds is 1. The predicted molar refractivity (Wildman–Crippen MR) is 43.6 cm³/mol. The fourth-order valence-corrected chi connectivity index (χ4v) is 0. The van der Waals surface area contributed by atoms with Crippen LogP contribution < -0.4 is 0 Å². The van der Waals surface area contributed by atoms with Gasteiger partial charge >= 0.3 is 31.2 Å². The largest absolute Gasteiger partial charge is 0.423 e. The van der Waals surface area contributed by atoms with Crippen molar-refractivity contribution in [1.82, 2.24) is 0 Å². The summed E-state index contributed by atoms with van der Waals surface area (Å²) in [7, 11) is -13.9. The second kappa shape index (κ2) is 7.78. The Morgan fingerprint density at radius 2 is 0.688 bits per heavy atom. The zero-order chi connectivity index (χ0) is 14.2. The van der Waals surface area contributed by atoms with Crippen molar-refractivity contribution in [3.8, 4) is 0 Å². The van der Waals surface area contributed by atoms with Crippen LogP contribution in [0.5, 0.6) is 0 Å². The van der Waals surface area contributed by atoms with Gasteiger partial charge in [-0.15, -0.1) is 0 Å². The first kappa shape index (κ1) is 20.9. The summed E-state index contributed by atoms with van der Waals surface area (Å²) in [4.78, 5) is 0. The lowest BCUT2D eigenvalue weighted by atomic mass is 15.0. The average Bonchev–Trinajstić information content (AvgIpc) is 1.77. The molecular weight excluding hydrogens is 304 g/mol. The van der Waals surface area contributed by atoms with Crippen molar-refractivity contribution in [2.75, 3.05) is 0 Å². The minimum atomic E-state index is -4.67. The van der Waals surface area contributed by atoms with Gasteiger partial charge in [0.15, 0.2) is 0 Å². The molecule has 0 spiro atoms. The van der Waals surface area contributed by atoms with Gasteiger partial charge in [-0.1, -0.05) is 4.33 Å². The third-order valence-electron chi connectivity index (χ3n) is 0.0942. The average molecular weight is 310 g/mol. The summed E-state index contributed by atoms with van der Waals surface area (Å²) < 4.78 is 91.1. The molecular formula is H6O13S3. The highest BCUT2D eigenvalue weighted by Gasteiger charge is 1.97. The van der Waals surface area contributed by atoms with Crippen molar-refractivity contribution >= 4 is 31.2 Å². The Morgan fingerprint density at radius 1 is 0.625 bits per heavy atom. The molecule has 0 amide bonds. The summed E-state index contributed by atoms with van der Waals surface area (Å²) in [5.74, 6) is 0. The van der Waals surface area contributed by atoms with E-state index in [1.165, 1.54) is 0 Å². The molecule has 16 heavy (non-hydrogen) atoms. The van der Waals surface area contributed by atoms with Crippen molar-refractivity contribution in [1.29, 1.82) is 0 Å². The van der Waals surface area contributed by atoms with Gasteiger partial charge < -0.3 is 0 Å². The van der Waals surface area contributed by atoms with E-state index in [-0.39, 0.29) is 0 Å². The van der Waals surface area contributed by atoms with E-state index in [4.69, 9.17) is 53.3 Å². The summed E-state index contributed by atoms with van der Waals surface area (Å²) >= 11 is 0. The van der Waals surface area contributed by atoms with Gasteiger partial charge in [-0.25, -0.2) is 5.26 Å². The van der Waals surface area contributed by atoms with E-state index in [9.17, 15) is 0 Å². The van der Waals surface area contributed by atoms with Crippen molar-refractivity contribution in [3.05, 3.63) is 0 Å². The number of hydrogen-bond donors (Lipinski definition) is 6. The topological polar surface area (TPSA) is 233 Å². The molecule has 6 N–H and O–H groups in total. The lowest BCUT2D eigenvalue weighted by molar-refractivity contribution is -0.139. The zero-order valence-corrected chi connectivity index (χ0v) is 9.22. The Hall–Kier alpha value is -0.430. The van der Waals surface area contributed by atoms with Gasteiger partial charge in [0, 0.05) is 0 Å². The molecule has 0 radical (unpaired) electrons.